The summed E-state index contributed by atoms with van der Waals surface area (Å²) in [6, 6.07) is -3.12. The molecule has 27 nitrogen and oxygen atoms in total. The highest BCUT2D eigenvalue weighted by atomic mass is 16.8. The molecule has 2 amide bonds. The number of amides is 2. The molecule has 4 aliphatic rings. The number of hydrogen-bond acceptors (Lipinski definition) is 25. The summed E-state index contributed by atoms with van der Waals surface area (Å²) in [4.78, 5) is 24.1. The zero-order valence-corrected chi connectivity index (χ0v) is 33.2. The second-order valence-corrected chi connectivity index (χ2v) is 15.2. The molecule has 356 valence electrons. The number of ether oxygens (including phenoxy) is 8. The van der Waals surface area contributed by atoms with E-state index in [0.717, 1.165) is 13.8 Å². The Labute approximate surface area is 347 Å². The first-order valence-electron chi connectivity index (χ1n) is 19.4. The maximum atomic E-state index is 12.2. The van der Waals surface area contributed by atoms with Crippen LogP contribution in [-0.2, 0) is 47.5 Å². The molecule has 0 spiro atoms. The zero-order chi connectivity index (χ0) is 45.6. The van der Waals surface area contributed by atoms with Crippen molar-refractivity contribution in [3.8, 4) is 0 Å². The van der Waals surface area contributed by atoms with Gasteiger partial charge in [0.2, 0.25) is 11.8 Å². The van der Waals surface area contributed by atoms with Gasteiger partial charge in [0.25, 0.3) is 0 Å². The minimum absolute atomic E-state index is 0.703. The molecule has 4 rings (SSSR count). The molecule has 27 heteroatoms. The third-order valence-corrected chi connectivity index (χ3v) is 10.7. The van der Waals surface area contributed by atoms with Gasteiger partial charge < -0.3 is 125 Å². The lowest BCUT2D eigenvalue weighted by atomic mass is 9.95. The Bertz CT molecular complexity index is 1370. The summed E-state index contributed by atoms with van der Waals surface area (Å²) in [6.45, 7) is -1.31. The van der Waals surface area contributed by atoms with Crippen molar-refractivity contribution in [3.05, 3.63) is 0 Å². The molecular formula is C34H60N2O25. The van der Waals surface area contributed by atoms with Crippen molar-refractivity contribution in [2.45, 2.75) is 168 Å². The molecule has 4 saturated heterocycles. The lowest BCUT2D eigenvalue weighted by molar-refractivity contribution is -0.392. The molecule has 0 aromatic carbocycles. The van der Waals surface area contributed by atoms with Gasteiger partial charge in [-0.3, -0.25) is 9.59 Å². The van der Waals surface area contributed by atoms with Crippen LogP contribution in [0.5, 0.6) is 0 Å². The maximum Gasteiger partial charge on any atom is 0.217 e. The summed E-state index contributed by atoms with van der Waals surface area (Å²) >= 11 is 0. The van der Waals surface area contributed by atoms with Crippen LogP contribution in [0.4, 0.5) is 0 Å². The molecule has 0 saturated carbocycles. The lowest BCUT2D eigenvalue weighted by Crippen LogP contribution is -2.68. The Balaban J connectivity index is 1.67. The summed E-state index contributed by atoms with van der Waals surface area (Å²) in [5, 5.41) is 163. The molecule has 4 heterocycles. The smallest absolute Gasteiger partial charge is 0.217 e. The molecule has 17 N–H and O–H groups in total. The Kier molecular flexibility index (Phi) is 19.3. The van der Waals surface area contributed by atoms with Crippen molar-refractivity contribution in [2.75, 3.05) is 33.0 Å². The van der Waals surface area contributed by atoms with E-state index in [2.05, 4.69) is 10.6 Å². The number of carbonyl (C=O) groups excluding carboxylic acids is 2. The summed E-state index contributed by atoms with van der Waals surface area (Å²) in [5.74, 6) is -1.51. The first-order chi connectivity index (χ1) is 28.7. The van der Waals surface area contributed by atoms with Crippen LogP contribution in [0.15, 0.2) is 0 Å². The third-order valence-electron chi connectivity index (χ3n) is 10.7. The summed E-state index contributed by atoms with van der Waals surface area (Å²) in [6.07, 6.45) is -40.7. The molecule has 0 aliphatic carbocycles. The SMILES string of the molecule is CC(=O)N[C@H]1[C@H](OC[C@@H](O)[C@H](O)[C@H](O[C@@H]2O[C@H](CO)[C@H](O[C@H]3O[C@H](CO)[C@H](O)[C@H](O)[C@H]3O)[C@H](O)[C@H]2O[C@H]2O[C@H](C)[C@H](O)[C@H](O)[C@H]2O)[C@H](CO)NC(C)=O)O[C@H](CO)[C@@H](O)[C@@H]1O. The number of nitrogens with one attached hydrogen (secondary N) is 2. The van der Waals surface area contributed by atoms with E-state index in [0.29, 0.717) is 0 Å². The average molecular weight is 897 g/mol. The quantitative estimate of drug-likeness (QED) is 0.0607. The minimum atomic E-state index is -2.25. The second kappa shape index (κ2) is 22.8. The number of hydrogen-bond donors (Lipinski definition) is 17. The summed E-state index contributed by atoms with van der Waals surface area (Å²) < 4.78 is 45.4. The van der Waals surface area contributed by atoms with Crippen molar-refractivity contribution >= 4 is 11.8 Å². The fraction of sp³-hybridized carbons (Fsp3) is 0.941. The van der Waals surface area contributed by atoms with Crippen molar-refractivity contribution in [1.82, 2.24) is 10.6 Å². The van der Waals surface area contributed by atoms with Crippen LogP contribution in [0.2, 0.25) is 0 Å². The Morgan fingerprint density at radius 2 is 1.10 bits per heavy atom. The summed E-state index contributed by atoms with van der Waals surface area (Å²) in [7, 11) is 0. The molecule has 0 radical (unpaired) electrons. The van der Waals surface area contributed by atoms with Crippen LogP contribution in [0.25, 0.3) is 0 Å². The fourth-order valence-corrected chi connectivity index (χ4v) is 7.26. The highest BCUT2D eigenvalue weighted by Crippen LogP contribution is 2.34. The van der Waals surface area contributed by atoms with E-state index in [-0.39, 0.29) is 0 Å². The van der Waals surface area contributed by atoms with Gasteiger partial charge in [-0.05, 0) is 6.92 Å². The number of aliphatic hydroxyl groups excluding tert-OH is 15. The Morgan fingerprint density at radius 1 is 0.590 bits per heavy atom. The normalized spacial score (nSPS) is 44.1. The van der Waals surface area contributed by atoms with Crippen molar-refractivity contribution < 1.29 is 124 Å². The molecule has 24 atom stereocenters. The van der Waals surface area contributed by atoms with E-state index in [9.17, 15) is 86.2 Å². The number of aliphatic hydroxyl groups is 15. The van der Waals surface area contributed by atoms with Gasteiger partial charge in [0.15, 0.2) is 25.2 Å². The van der Waals surface area contributed by atoms with E-state index in [1.165, 1.54) is 6.92 Å². The zero-order valence-electron chi connectivity index (χ0n) is 33.2. The van der Waals surface area contributed by atoms with Gasteiger partial charge >= 0.3 is 0 Å². The Hall–Kier alpha value is -1.98. The minimum Gasteiger partial charge on any atom is -0.394 e. The van der Waals surface area contributed by atoms with E-state index in [1.807, 2.05) is 0 Å². The van der Waals surface area contributed by atoms with Gasteiger partial charge in [-0.2, -0.15) is 0 Å². The van der Waals surface area contributed by atoms with Gasteiger partial charge in [-0.1, -0.05) is 0 Å². The highest BCUT2D eigenvalue weighted by molar-refractivity contribution is 5.73. The van der Waals surface area contributed by atoms with E-state index >= 15 is 0 Å². The van der Waals surface area contributed by atoms with E-state index in [4.69, 9.17) is 37.9 Å². The van der Waals surface area contributed by atoms with Crippen molar-refractivity contribution in [3.63, 3.8) is 0 Å². The molecular weight excluding hydrogens is 836 g/mol. The van der Waals surface area contributed by atoms with Gasteiger partial charge in [-0.25, -0.2) is 0 Å². The van der Waals surface area contributed by atoms with Gasteiger partial charge in [0, 0.05) is 13.8 Å². The van der Waals surface area contributed by atoms with Crippen molar-refractivity contribution in [2.24, 2.45) is 0 Å². The first-order valence-corrected chi connectivity index (χ1v) is 19.4. The van der Waals surface area contributed by atoms with Gasteiger partial charge in [-0.15, -0.1) is 0 Å². The monoisotopic (exact) mass is 896 g/mol. The van der Waals surface area contributed by atoms with Crippen LogP contribution in [0.1, 0.15) is 20.8 Å². The maximum absolute atomic E-state index is 12.2. The third kappa shape index (κ3) is 12.0. The predicted octanol–water partition coefficient (Wildman–Crippen LogP) is -11.0. The average Bonchev–Trinajstić information content (AvgIpc) is 3.22. The highest BCUT2D eigenvalue weighted by Gasteiger charge is 2.55. The number of rotatable bonds is 18. The topological polar surface area (TPSA) is 435 Å². The molecule has 4 fully saturated rings. The number of carbonyl (C=O) groups is 2. The van der Waals surface area contributed by atoms with Gasteiger partial charge in [0.05, 0.1) is 45.2 Å². The van der Waals surface area contributed by atoms with Crippen LogP contribution >= 0.6 is 0 Å². The van der Waals surface area contributed by atoms with Crippen LogP contribution in [0.3, 0.4) is 0 Å². The Morgan fingerprint density at radius 3 is 1.64 bits per heavy atom. The largest absolute Gasteiger partial charge is 0.394 e. The molecule has 4 aliphatic heterocycles. The van der Waals surface area contributed by atoms with E-state index in [1.54, 1.807) is 0 Å². The second-order valence-electron chi connectivity index (χ2n) is 15.2. The molecule has 0 unspecified atom stereocenters. The first kappa shape index (κ1) is 51.7. The van der Waals surface area contributed by atoms with E-state index < -0.39 is 192 Å². The van der Waals surface area contributed by atoms with Crippen LogP contribution in [-0.4, -0.2) is 269 Å². The van der Waals surface area contributed by atoms with Crippen LogP contribution in [0, 0.1) is 0 Å². The molecule has 0 aromatic heterocycles. The fourth-order valence-electron chi connectivity index (χ4n) is 7.26. The predicted molar refractivity (Wildman–Crippen MR) is 191 cm³/mol. The van der Waals surface area contributed by atoms with Crippen molar-refractivity contribution in [1.29, 1.82) is 0 Å². The lowest BCUT2D eigenvalue weighted by Gasteiger charge is -2.49. The van der Waals surface area contributed by atoms with Gasteiger partial charge in [0.1, 0.15) is 110 Å². The standard InChI is InChI=1S/C34H60N2O25/c1-9-18(44)23(49)25(51)32(55-9)61-30-27(53)29(60-33-26(52)24(50)21(47)15(6-39)57-33)16(7-40)58-34(30)59-28(12(4-37)35-10(2)41)19(45)13(43)8-54-31-17(36-11(3)42)22(48)20(46)14(5-38)56-31/h9,12-34,37-40,43-53H,4-8H2,1-3H3,(H,35,41)(H,36,42)/t9-,12+,13-,14-,15-,16-,17-,18+,19+,20-,21+,22-,23+,24+,25-,26-,27+,28-,29+,30-,31-,32-,33-,34+/m1/s1. The summed E-state index contributed by atoms with van der Waals surface area (Å²) in [5.41, 5.74) is 0. The molecule has 61 heavy (non-hydrogen) atoms. The molecule has 0 bridgehead atoms. The molecule has 0 aromatic rings. The van der Waals surface area contributed by atoms with Crippen LogP contribution < -0.4 is 10.6 Å².